The summed E-state index contributed by atoms with van der Waals surface area (Å²) in [5.41, 5.74) is 1.37. The fraction of sp³-hybridized carbons (Fsp3) is 0.583. The van der Waals surface area contributed by atoms with Crippen LogP contribution >= 0.6 is 11.6 Å². The molecule has 1 rings (SSSR count). The Hall–Kier alpha value is -0.560. The summed E-state index contributed by atoms with van der Waals surface area (Å²) < 4.78 is 0. The summed E-state index contributed by atoms with van der Waals surface area (Å²) in [5.74, 6) is 0. The summed E-state index contributed by atoms with van der Waals surface area (Å²) in [6.07, 6.45) is 3.70. The van der Waals surface area contributed by atoms with Crippen LogP contribution in [0.4, 0.5) is 0 Å². The summed E-state index contributed by atoms with van der Waals surface area (Å²) in [5, 5.41) is 0.185. The molecule has 1 atom stereocenters. The van der Waals surface area contributed by atoms with E-state index < -0.39 is 0 Å². The van der Waals surface area contributed by atoms with Crippen LogP contribution in [0.2, 0.25) is 0 Å². The summed E-state index contributed by atoms with van der Waals surface area (Å²) >= 11 is 6.26. The first-order chi connectivity index (χ1) is 6.47. The third-order valence-electron chi connectivity index (χ3n) is 1.99. The highest BCUT2D eigenvalue weighted by Gasteiger charge is 2.17. The van der Waals surface area contributed by atoms with Crippen molar-refractivity contribution in [3.63, 3.8) is 0 Å². The van der Waals surface area contributed by atoms with Crippen LogP contribution in [-0.4, -0.2) is 10.4 Å². The molecule has 0 aromatic carbocycles. The lowest BCUT2D eigenvalue weighted by Gasteiger charge is -2.21. The molecule has 2 heteroatoms. The van der Waals surface area contributed by atoms with E-state index in [0.29, 0.717) is 5.41 Å². The number of alkyl halides is 1. The molecule has 0 saturated heterocycles. The van der Waals surface area contributed by atoms with E-state index in [1.54, 1.807) is 0 Å². The molecule has 0 fully saturated rings. The molecule has 1 aromatic rings. The Labute approximate surface area is 91.5 Å². The van der Waals surface area contributed by atoms with Crippen molar-refractivity contribution in [2.75, 3.05) is 0 Å². The molecule has 14 heavy (non-hydrogen) atoms. The first-order valence-electron chi connectivity index (χ1n) is 5.01. The minimum atomic E-state index is 0.185. The molecule has 0 aliphatic heterocycles. The lowest BCUT2D eigenvalue weighted by molar-refractivity contribution is 0.368. The molecule has 0 N–H and O–H groups in total. The lowest BCUT2D eigenvalue weighted by atomic mass is 9.89. The largest absolute Gasteiger partial charge is 0.261 e. The molecule has 0 amide bonds. The second-order valence-corrected chi connectivity index (χ2v) is 5.50. The maximum atomic E-state index is 6.26. The van der Waals surface area contributed by atoms with E-state index >= 15 is 0 Å². The van der Waals surface area contributed by atoms with Gasteiger partial charge >= 0.3 is 0 Å². The summed E-state index contributed by atoms with van der Waals surface area (Å²) in [4.78, 5) is 4.26. The predicted molar refractivity (Wildman–Crippen MR) is 61.7 cm³/mol. The van der Waals surface area contributed by atoms with Crippen LogP contribution in [0.5, 0.6) is 0 Å². The molecule has 1 heterocycles. The SMILES string of the molecule is CC(C)(C)CC(Cl)Cc1ccccn1. The van der Waals surface area contributed by atoms with Gasteiger partial charge < -0.3 is 0 Å². The fourth-order valence-corrected chi connectivity index (χ4v) is 2.10. The number of halogens is 1. The van der Waals surface area contributed by atoms with Crippen LogP contribution in [0.15, 0.2) is 24.4 Å². The third kappa shape index (κ3) is 4.61. The van der Waals surface area contributed by atoms with E-state index in [9.17, 15) is 0 Å². The van der Waals surface area contributed by atoms with Gasteiger partial charge in [0.05, 0.1) is 0 Å². The molecule has 0 aliphatic carbocycles. The summed E-state index contributed by atoms with van der Waals surface area (Å²) in [7, 11) is 0. The number of aromatic nitrogens is 1. The Balaban J connectivity index is 2.46. The zero-order valence-corrected chi connectivity index (χ0v) is 9.88. The van der Waals surface area contributed by atoms with Gasteiger partial charge in [-0.25, -0.2) is 0 Å². The molecule has 0 radical (unpaired) electrons. The highest BCUT2D eigenvalue weighted by molar-refractivity contribution is 6.20. The summed E-state index contributed by atoms with van der Waals surface area (Å²) in [6, 6.07) is 5.96. The van der Waals surface area contributed by atoms with Gasteiger partial charge in [-0.05, 0) is 24.0 Å². The van der Waals surface area contributed by atoms with Crippen LogP contribution in [0, 0.1) is 5.41 Å². The van der Waals surface area contributed by atoms with Gasteiger partial charge in [0.25, 0.3) is 0 Å². The minimum Gasteiger partial charge on any atom is -0.261 e. The topological polar surface area (TPSA) is 12.9 Å². The second kappa shape index (κ2) is 4.79. The van der Waals surface area contributed by atoms with Gasteiger partial charge in [0.2, 0.25) is 0 Å². The summed E-state index contributed by atoms with van der Waals surface area (Å²) in [6.45, 7) is 6.63. The number of nitrogens with zero attached hydrogens (tertiary/aromatic N) is 1. The van der Waals surface area contributed by atoms with Crippen LogP contribution in [0.25, 0.3) is 0 Å². The molecule has 1 nitrogen and oxygen atoms in total. The Morgan fingerprint density at radius 1 is 1.36 bits per heavy atom. The van der Waals surface area contributed by atoms with E-state index in [4.69, 9.17) is 11.6 Å². The maximum absolute atomic E-state index is 6.26. The van der Waals surface area contributed by atoms with Crippen molar-refractivity contribution in [2.45, 2.75) is 39.0 Å². The van der Waals surface area contributed by atoms with Crippen LogP contribution in [0.1, 0.15) is 32.9 Å². The van der Waals surface area contributed by atoms with Crippen LogP contribution < -0.4 is 0 Å². The van der Waals surface area contributed by atoms with E-state index in [0.717, 1.165) is 18.5 Å². The van der Waals surface area contributed by atoms with Gasteiger partial charge in [0.1, 0.15) is 0 Å². The lowest BCUT2D eigenvalue weighted by Crippen LogP contribution is -2.15. The second-order valence-electron chi connectivity index (χ2n) is 4.89. The minimum absolute atomic E-state index is 0.185. The van der Waals surface area contributed by atoms with Gasteiger partial charge in [0.15, 0.2) is 0 Å². The first kappa shape index (κ1) is 11.5. The molecule has 0 saturated carbocycles. The number of hydrogen-bond donors (Lipinski definition) is 0. The molecule has 0 aliphatic rings. The van der Waals surface area contributed by atoms with Crippen molar-refractivity contribution in [3.8, 4) is 0 Å². The Morgan fingerprint density at radius 2 is 2.07 bits per heavy atom. The number of pyridine rings is 1. The number of hydrogen-bond acceptors (Lipinski definition) is 1. The monoisotopic (exact) mass is 211 g/mol. The van der Waals surface area contributed by atoms with Gasteiger partial charge in [0, 0.05) is 23.7 Å². The van der Waals surface area contributed by atoms with Gasteiger partial charge in [-0.2, -0.15) is 0 Å². The van der Waals surface area contributed by atoms with E-state index in [-0.39, 0.29) is 5.38 Å². The Morgan fingerprint density at radius 3 is 2.57 bits per heavy atom. The first-order valence-corrected chi connectivity index (χ1v) is 5.45. The third-order valence-corrected chi connectivity index (χ3v) is 2.30. The zero-order chi connectivity index (χ0) is 10.6. The molecular weight excluding hydrogens is 194 g/mol. The normalized spacial score (nSPS) is 14.0. The molecular formula is C12H18ClN. The Kier molecular flexibility index (Phi) is 3.94. The van der Waals surface area contributed by atoms with Gasteiger partial charge in [-0.1, -0.05) is 26.8 Å². The number of rotatable bonds is 3. The molecule has 0 spiro atoms. The average Bonchev–Trinajstić information content (AvgIpc) is 2.02. The van der Waals surface area contributed by atoms with Gasteiger partial charge in [-0.3, -0.25) is 4.98 Å². The van der Waals surface area contributed by atoms with Crippen LogP contribution in [0.3, 0.4) is 0 Å². The standard InChI is InChI=1S/C12H18ClN/c1-12(2,3)9-10(13)8-11-6-4-5-7-14-11/h4-7,10H,8-9H2,1-3H3. The van der Waals surface area contributed by atoms with Crippen molar-refractivity contribution in [1.82, 2.24) is 4.98 Å². The van der Waals surface area contributed by atoms with Crippen LogP contribution in [-0.2, 0) is 6.42 Å². The van der Waals surface area contributed by atoms with Crippen molar-refractivity contribution >= 4 is 11.6 Å². The van der Waals surface area contributed by atoms with Crippen molar-refractivity contribution in [1.29, 1.82) is 0 Å². The van der Waals surface area contributed by atoms with Crippen molar-refractivity contribution < 1.29 is 0 Å². The zero-order valence-electron chi connectivity index (χ0n) is 9.13. The smallest absolute Gasteiger partial charge is 0.0418 e. The van der Waals surface area contributed by atoms with Gasteiger partial charge in [-0.15, -0.1) is 11.6 Å². The predicted octanol–water partition coefficient (Wildman–Crippen LogP) is 3.67. The Bertz CT molecular complexity index is 263. The molecule has 1 unspecified atom stereocenters. The molecule has 1 aromatic heterocycles. The quantitative estimate of drug-likeness (QED) is 0.696. The van der Waals surface area contributed by atoms with E-state index in [2.05, 4.69) is 25.8 Å². The van der Waals surface area contributed by atoms with E-state index in [1.807, 2.05) is 24.4 Å². The maximum Gasteiger partial charge on any atom is 0.0418 e. The molecule has 78 valence electrons. The highest BCUT2D eigenvalue weighted by atomic mass is 35.5. The van der Waals surface area contributed by atoms with Crippen molar-refractivity contribution in [3.05, 3.63) is 30.1 Å². The average molecular weight is 212 g/mol. The van der Waals surface area contributed by atoms with E-state index in [1.165, 1.54) is 0 Å². The fourth-order valence-electron chi connectivity index (χ4n) is 1.48. The highest BCUT2D eigenvalue weighted by Crippen LogP contribution is 2.25. The molecule has 0 bridgehead atoms. The van der Waals surface area contributed by atoms with Crippen molar-refractivity contribution in [2.24, 2.45) is 5.41 Å².